The van der Waals surface area contributed by atoms with Gasteiger partial charge in [0.1, 0.15) is 11.5 Å². The van der Waals surface area contributed by atoms with E-state index in [4.69, 9.17) is 16.4 Å². The molecule has 1 atom stereocenters. The van der Waals surface area contributed by atoms with Gasteiger partial charge in [-0.05, 0) is 29.2 Å². The third kappa shape index (κ3) is 5.88. The summed E-state index contributed by atoms with van der Waals surface area (Å²) in [6, 6.07) is 8.36. The number of benzene rings is 1. The number of alkyl halides is 3. The number of anilines is 2. The highest BCUT2D eigenvalue weighted by Gasteiger charge is 2.32. The Kier molecular flexibility index (Phi) is 6.45. The van der Waals surface area contributed by atoms with Gasteiger partial charge in [-0.25, -0.2) is 4.98 Å². The third-order valence-corrected chi connectivity index (χ3v) is 4.96. The molecule has 1 amide bonds. The Hall–Kier alpha value is -2.81. The monoisotopic (exact) mass is 454 g/mol. The van der Waals surface area contributed by atoms with Crippen LogP contribution >= 0.6 is 11.6 Å². The number of carbonyl (C=O) groups excluding carboxylic acids is 1. The Labute approximate surface area is 182 Å². The van der Waals surface area contributed by atoms with Crippen LogP contribution < -0.4 is 10.6 Å². The van der Waals surface area contributed by atoms with E-state index in [0.717, 1.165) is 11.6 Å². The maximum Gasteiger partial charge on any atom is 0.417 e. The SMILES string of the molecule is CC(C)(C)c1ccc(NC(=O)C2=NO[C@H](CNc3ncc(C(F)(F)F)cc3Cl)C2)cc1. The minimum absolute atomic E-state index is 0.0109. The van der Waals surface area contributed by atoms with Crippen molar-refractivity contribution in [3.05, 3.63) is 52.7 Å². The van der Waals surface area contributed by atoms with Gasteiger partial charge in [-0.1, -0.05) is 49.7 Å². The molecule has 1 aliphatic heterocycles. The zero-order valence-electron chi connectivity index (χ0n) is 17.2. The van der Waals surface area contributed by atoms with Crippen molar-refractivity contribution in [3.8, 4) is 0 Å². The number of rotatable bonds is 5. The standard InChI is InChI=1S/C21H22ClF3N4O2/c1-20(2,3)12-4-6-14(7-5-12)28-19(30)17-9-15(31-29-17)11-27-18-16(22)8-13(10-26-18)21(23,24)25/h4-8,10,15H,9,11H2,1-3H3,(H,26,27)(H,28,30)/t15-/m0/s1. The van der Waals surface area contributed by atoms with Crippen LogP contribution in [0.4, 0.5) is 24.7 Å². The van der Waals surface area contributed by atoms with E-state index in [1.165, 1.54) is 0 Å². The molecule has 0 bridgehead atoms. The van der Waals surface area contributed by atoms with Crippen LogP contribution in [0.15, 0.2) is 41.7 Å². The lowest BCUT2D eigenvalue weighted by Crippen LogP contribution is -2.26. The van der Waals surface area contributed by atoms with Gasteiger partial charge in [-0.2, -0.15) is 13.2 Å². The van der Waals surface area contributed by atoms with Crippen molar-refractivity contribution < 1.29 is 22.8 Å². The molecule has 10 heteroatoms. The van der Waals surface area contributed by atoms with Gasteiger partial charge < -0.3 is 15.5 Å². The summed E-state index contributed by atoms with van der Waals surface area (Å²) >= 11 is 5.87. The van der Waals surface area contributed by atoms with E-state index in [-0.39, 0.29) is 40.8 Å². The zero-order chi connectivity index (χ0) is 22.8. The molecule has 166 valence electrons. The fourth-order valence-electron chi connectivity index (χ4n) is 2.86. The summed E-state index contributed by atoms with van der Waals surface area (Å²) < 4.78 is 38.1. The second-order valence-electron chi connectivity index (χ2n) is 8.18. The molecular weight excluding hydrogens is 433 g/mol. The van der Waals surface area contributed by atoms with Crippen molar-refractivity contribution in [1.82, 2.24) is 4.98 Å². The Balaban J connectivity index is 1.51. The number of halogens is 4. The van der Waals surface area contributed by atoms with Crippen molar-refractivity contribution in [2.45, 2.75) is 44.9 Å². The second kappa shape index (κ2) is 8.74. The molecule has 6 nitrogen and oxygen atoms in total. The average Bonchev–Trinajstić information content (AvgIpc) is 3.15. The normalized spacial score (nSPS) is 16.5. The fraction of sp³-hybridized carbons (Fsp3) is 0.381. The summed E-state index contributed by atoms with van der Waals surface area (Å²) in [4.78, 5) is 21.4. The second-order valence-corrected chi connectivity index (χ2v) is 8.59. The number of carbonyl (C=O) groups is 1. The predicted octanol–water partition coefficient (Wildman–Crippen LogP) is 5.25. The lowest BCUT2D eigenvalue weighted by Gasteiger charge is -2.19. The average molecular weight is 455 g/mol. The van der Waals surface area contributed by atoms with Crippen LogP contribution in [0.5, 0.6) is 0 Å². The van der Waals surface area contributed by atoms with E-state index >= 15 is 0 Å². The van der Waals surface area contributed by atoms with Gasteiger partial charge in [-0.15, -0.1) is 0 Å². The molecule has 1 aromatic heterocycles. The molecule has 2 aromatic rings. The number of aromatic nitrogens is 1. The number of hydrogen-bond donors (Lipinski definition) is 2. The van der Waals surface area contributed by atoms with Crippen LogP contribution in [-0.2, 0) is 21.2 Å². The molecule has 0 saturated carbocycles. The van der Waals surface area contributed by atoms with Gasteiger partial charge >= 0.3 is 6.18 Å². The number of pyridine rings is 1. The molecule has 1 aliphatic rings. The van der Waals surface area contributed by atoms with E-state index in [1.807, 2.05) is 24.3 Å². The van der Waals surface area contributed by atoms with Gasteiger partial charge in [0.25, 0.3) is 5.91 Å². The predicted molar refractivity (Wildman–Crippen MR) is 113 cm³/mol. The minimum Gasteiger partial charge on any atom is -0.390 e. The van der Waals surface area contributed by atoms with Crippen LogP contribution in [0, 0.1) is 0 Å². The number of nitrogens with zero attached hydrogens (tertiary/aromatic N) is 2. The first kappa shape index (κ1) is 22.9. The van der Waals surface area contributed by atoms with Gasteiger partial charge in [0.2, 0.25) is 0 Å². The number of hydrogen-bond acceptors (Lipinski definition) is 5. The lowest BCUT2D eigenvalue weighted by molar-refractivity contribution is -0.137. The summed E-state index contributed by atoms with van der Waals surface area (Å²) in [5.74, 6) is -0.285. The van der Waals surface area contributed by atoms with Crippen LogP contribution in [-0.4, -0.2) is 29.3 Å². The summed E-state index contributed by atoms with van der Waals surface area (Å²) in [6.45, 7) is 6.48. The highest BCUT2D eigenvalue weighted by atomic mass is 35.5. The fourth-order valence-corrected chi connectivity index (χ4v) is 3.10. The third-order valence-electron chi connectivity index (χ3n) is 4.67. The maximum absolute atomic E-state index is 12.7. The van der Waals surface area contributed by atoms with E-state index in [0.29, 0.717) is 11.9 Å². The van der Waals surface area contributed by atoms with Gasteiger partial charge in [0, 0.05) is 18.3 Å². The molecule has 0 radical (unpaired) electrons. The molecule has 0 unspecified atom stereocenters. The zero-order valence-corrected chi connectivity index (χ0v) is 17.9. The van der Waals surface area contributed by atoms with E-state index in [1.54, 1.807) is 0 Å². The van der Waals surface area contributed by atoms with Crippen LogP contribution in [0.25, 0.3) is 0 Å². The van der Waals surface area contributed by atoms with Crippen LogP contribution in [0.2, 0.25) is 5.02 Å². The summed E-state index contributed by atoms with van der Waals surface area (Å²) in [5, 5.41) is 9.25. The minimum atomic E-state index is -4.52. The van der Waals surface area contributed by atoms with Crippen molar-refractivity contribution >= 4 is 34.7 Å². The van der Waals surface area contributed by atoms with E-state index in [2.05, 4.69) is 41.5 Å². The van der Waals surface area contributed by atoms with Gasteiger partial charge in [0.05, 0.1) is 17.1 Å². The Morgan fingerprint density at radius 1 is 1.19 bits per heavy atom. The molecule has 3 rings (SSSR count). The lowest BCUT2D eigenvalue weighted by atomic mass is 9.87. The Morgan fingerprint density at radius 3 is 2.45 bits per heavy atom. The molecule has 31 heavy (non-hydrogen) atoms. The van der Waals surface area contributed by atoms with Crippen molar-refractivity contribution in [2.24, 2.45) is 5.16 Å². The Morgan fingerprint density at radius 2 is 1.87 bits per heavy atom. The van der Waals surface area contributed by atoms with Crippen LogP contribution in [0.3, 0.4) is 0 Å². The molecule has 2 heterocycles. The van der Waals surface area contributed by atoms with Crippen molar-refractivity contribution in [1.29, 1.82) is 0 Å². The van der Waals surface area contributed by atoms with Crippen molar-refractivity contribution in [2.75, 3.05) is 17.2 Å². The molecule has 2 N–H and O–H groups in total. The van der Waals surface area contributed by atoms with Gasteiger partial charge in [-0.3, -0.25) is 4.79 Å². The van der Waals surface area contributed by atoms with Crippen molar-refractivity contribution in [3.63, 3.8) is 0 Å². The highest BCUT2D eigenvalue weighted by molar-refractivity contribution is 6.43. The first-order valence-electron chi connectivity index (χ1n) is 9.54. The number of amides is 1. The number of nitrogens with one attached hydrogen (secondary N) is 2. The highest BCUT2D eigenvalue weighted by Crippen LogP contribution is 2.32. The first-order chi connectivity index (χ1) is 14.4. The molecule has 0 spiro atoms. The molecular formula is C21H22ClF3N4O2. The molecule has 0 aliphatic carbocycles. The first-order valence-corrected chi connectivity index (χ1v) is 9.92. The largest absolute Gasteiger partial charge is 0.417 e. The summed E-state index contributed by atoms with van der Waals surface area (Å²) in [6.07, 6.45) is -4.07. The summed E-state index contributed by atoms with van der Waals surface area (Å²) in [7, 11) is 0. The van der Waals surface area contributed by atoms with Crippen LogP contribution in [0.1, 0.15) is 38.3 Å². The molecule has 1 aromatic carbocycles. The smallest absolute Gasteiger partial charge is 0.390 e. The van der Waals surface area contributed by atoms with E-state index in [9.17, 15) is 18.0 Å². The van der Waals surface area contributed by atoms with Gasteiger partial charge in [0.15, 0.2) is 6.10 Å². The van der Waals surface area contributed by atoms with E-state index < -0.39 is 17.8 Å². The number of oxime groups is 1. The quantitative estimate of drug-likeness (QED) is 0.647. The molecule has 0 saturated heterocycles. The summed E-state index contributed by atoms with van der Waals surface area (Å²) in [5.41, 5.74) is 1.09. The molecule has 0 fully saturated rings. The topological polar surface area (TPSA) is 75.6 Å². The maximum atomic E-state index is 12.7. The Bertz CT molecular complexity index is 986.